The molecule has 1 aromatic carbocycles. The van der Waals surface area contributed by atoms with Gasteiger partial charge in [0.1, 0.15) is 11.9 Å². The summed E-state index contributed by atoms with van der Waals surface area (Å²) in [5, 5.41) is 10.9. The van der Waals surface area contributed by atoms with E-state index in [2.05, 4.69) is 26.9 Å². The van der Waals surface area contributed by atoms with Crippen molar-refractivity contribution in [1.29, 1.82) is 0 Å². The third kappa shape index (κ3) is 3.64. The molecule has 5 nitrogen and oxygen atoms in total. The monoisotopic (exact) mass is 354 g/mol. The minimum Gasteiger partial charge on any atom is -0.380 e. The molecule has 2 aliphatic rings. The number of para-hydroxylation sites is 1. The fourth-order valence-electron chi connectivity index (χ4n) is 4.52. The fraction of sp³-hybridized carbons (Fsp3) is 0.571. The van der Waals surface area contributed by atoms with Crippen molar-refractivity contribution in [3.05, 3.63) is 48.0 Å². The van der Waals surface area contributed by atoms with E-state index < -0.39 is 6.10 Å². The Labute approximate surface area is 156 Å². The number of rotatable bonds is 5. The number of hydrogen-bond acceptors (Lipinski definition) is 4. The van der Waals surface area contributed by atoms with Gasteiger partial charge < -0.3 is 14.6 Å². The number of hydrogen-bond donors (Lipinski definition) is 1. The van der Waals surface area contributed by atoms with E-state index in [9.17, 15) is 5.11 Å². The molecule has 140 valence electrons. The lowest BCUT2D eigenvalue weighted by molar-refractivity contribution is 0.204. The topological polar surface area (TPSA) is 44.5 Å². The van der Waals surface area contributed by atoms with Gasteiger partial charge in [-0.15, -0.1) is 0 Å². The lowest BCUT2D eigenvalue weighted by Crippen LogP contribution is -2.48. The average molecular weight is 354 g/mol. The maximum absolute atomic E-state index is 10.9. The minimum absolute atomic E-state index is 0.692. The molecule has 0 spiro atoms. The van der Waals surface area contributed by atoms with Gasteiger partial charge in [0.15, 0.2) is 0 Å². The van der Waals surface area contributed by atoms with E-state index in [1.807, 2.05) is 29.9 Å². The maximum Gasteiger partial charge on any atom is 0.142 e. The Bertz CT molecular complexity index is 714. The highest BCUT2D eigenvalue weighted by Gasteiger charge is 2.25. The van der Waals surface area contributed by atoms with E-state index in [0.29, 0.717) is 5.82 Å². The van der Waals surface area contributed by atoms with E-state index in [4.69, 9.17) is 0 Å². The number of benzene rings is 1. The Hall–Kier alpha value is -1.85. The molecule has 4 rings (SSSR count). The largest absolute Gasteiger partial charge is 0.380 e. The summed E-state index contributed by atoms with van der Waals surface area (Å²) in [6.45, 7) is 5.55. The zero-order valence-electron chi connectivity index (χ0n) is 15.7. The number of aliphatic hydroxyl groups is 1. The summed E-state index contributed by atoms with van der Waals surface area (Å²) in [6, 6.07) is 8.23. The normalized spacial score (nSPS) is 20.6. The maximum atomic E-state index is 10.9. The lowest BCUT2D eigenvalue weighted by Gasteiger charge is -2.38. The smallest absolute Gasteiger partial charge is 0.142 e. The van der Waals surface area contributed by atoms with Crippen LogP contribution in [0.1, 0.15) is 43.2 Å². The van der Waals surface area contributed by atoms with Crippen LogP contribution in [0.3, 0.4) is 0 Å². The van der Waals surface area contributed by atoms with E-state index in [-0.39, 0.29) is 0 Å². The van der Waals surface area contributed by atoms with Gasteiger partial charge >= 0.3 is 0 Å². The average Bonchev–Trinajstić information content (AvgIpc) is 3.33. The quantitative estimate of drug-likeness (QED) is 0.897. The highest BCUT2D eigenvalue weighted by atomic mass is 16.3. The molecule has 0 radical (unpaired) electrons. The molecule has 1 N–H and O–H groups in total. The van der Waals surface area contributed by atoms with Crippen LogP contribution in [0.4, 0.5) is 5.69 Å². The number of anilines is 1. The molecular formula is C21H30N4O. The van der Waals surface area contributed by atoms with E-state index in [1.54, 1.807) is 6.20 Å². The molecule has 0 bridgehead atoms. The number of aromatic nitrogens is 2. The van der Waals surface area contributed by atoms with Gasteiger partial charge in [-0.1, -0.05) is 31.0 Å². The van der Waals surface area contributed by atoms with Crippen LogP contribution in [-0.4, -0.2) is 52.3 Å². The van der Waals surface area contributed by atoms with Gasteiger partial charge in [-0.2, -0.15) is 0 Å². The van der Waals surface area contributed by atoms with Crippen molar-refractivity contribution >= 4 is 5.69 Å². The van der Waals surface area contributed by atoms with Crippen LogP contribution in [0.25, 0.3) is 0 Å². The van der Waals surface area contributed by atoms with Crippen LogP contribution < -0.4 is 4.90 Å². The summed E-state index contributed by atoms with van der Waals surface area (Å²) in [4.78, 5) is 9.39. The van der Waals surface area contributed by atoms with Gasteiger partial charge in [-0.3, -0.25) is 4.90 Å². The van der Waals surface area contributed by atoms with Crippen LogP contribution in [0.15, 0.2) is 36.7 Å². The van der Waals surface area contributed by atoms with Crippen LogP contribution in [0, 0.1) is 5.92 Å². The molecule has 0 unspecified atom stereocenters. The Balaban J connectivity index is 1.44. The first-order valence-electron chi connectivity index (χ1n) is 9.94. The van der Waals surface area contributed by atoms with Crippen molar-refractivity contribution in [3.8, 4) is 0 Å². The number of aryl methyl sites for hydroxylation is 1. The van der Waals surface area contributed by atoms with Crippen molar-refractivity contribution in [2.75, 3.05) is 37.6 Å². The Morgan fingerprint density at radius 1 is 1.12 bits per heavy atom. The second kappa shape index (κ2) is 7.80. The SMILES string of the molecule is Cn1ccnc1[C@H](O)c1ccccc1N1CCN(CC2CCCC2)CC1. The predicted molar refractivity (Wildman–Crippen MR) is 104 cm³/mol. The van der Waals surface area contributed by atoms with Crippen molar-refractivity contribution in [2.24, 2.45) is 13.0 Å². The van der Waals surface area contributed by atoms with Crippen LogP contribution >= 0.6 is 0 Å². The molecule has 1 aliphatic carbocycles. The van der Waals surface area contributed by atoms with Crippen molar-refractivity contribution in [3.63, 3.8) is 0 Å². The number of piperazine rings is 1. The number of nitrogens with zero attached hydrogens (tertiary/aromatic N) is 4. The molecule has 2 fully saturated rings. The molecule has 1 aromatic heterocycles. The summed E-state index contributed by atoms with van der Waals surface area (Å²) in [6.07, 6.45) is 8.60. The first-order chi connectivity index (χ1) is 12.7. The molecule has 2 heterocycles. The minimum atomic E-state index is -0.692. The van der Waals surface area contributed by atoms with Gasteiger partial charge in [0.25, 0.3) is 0 Å². The molecule has 1 saturated heterocycles. The van der Waals surface area contributed by atoms with Crippen LogP contribution in [0.5, 0.6) is 0 Å². The van der Waals surface area contributed by atoms with Gasteiger partial charge in [0.05, 0.1) is 0 Å². The Morgan fingerprint density at radius 3 is 2.54 bits per heavy atom. The number of aliphatic hydroxyl groups excluding tert-OH is 1. The third-order valence-corrected chi connectivity index (χ3v) is 6.04. The van der Waals surface area contributed by atoms with Crippen molar-refractivity contribution < 1.29 is 5.11 Å². The zero-order chi connectivity index (χ0) is 17.9. The molecule has 26 heavy (non-hydrogen) atoms. The number of imidazole rings is 1. The molecule has 1 saturated carbocycles. The highest BCUT2D eigenvalue weighted by molar-refractivity contribution is 5.56. The third-order valence-electron chi connectivity index (χ3n) is 6.04. The van der Waals surface area contributed by atoms with E-state index >= 15 is 0 Å². The summed E-state index contributed by atoms with van der Waals surface area (Å²) < 4.78 is 1.89. The lowest BCUT2D eigenvalue weighted by atomic mass is 10.0. The molecule has 1 aliphatic heterocycles. The van der Waals surface area contributed by atoms with E-state index in [0.717, 1.165) is 43.3 Å². The Morgan fingerprint density at radius 2 is 1.85 bits per heavy atom. The summed E-state index contributed by atoms with van der Waals surface area (Å²) >= 11 is 0. The first-order valence-corrected chi connectivity index (χ1v) is 9.94. The summed E-state index contributed by atoms with van der Waals surface area (Å²) in [5.74, 6) is 1.61. The van der Waals surface area contributed by atoms with Crippen LogP contribution in [-0.2, 0) is 7.05 Å². The summed E-state index contributed by atoms with van der Waals surface area (Å²) in [7, 11) is 1.93. The standard InChI is InChI=1S/C21H30N4O/c1-23-11-10-22-21(23)20(26)18-8-4-5-9-19(18)25-14-12-24(13-15-25)16-17-6-2-3-7-17/h4-5,8-11,17,20,26H,2-3,6-7,12-16H2,1H3/t20-/m1/s1. The molecule has 5 heteroatoms. The first kappa shape index (κ1) is 17.6. The van der Waals surface area contributed by atoms with Crippen molar-refractivity contribution in [1.82, 2.24) is 14.5 Å². The highest BCUT2D eigenvalue weighted by Crippen LogP contribution is 2.31. The predicted octanol–water partition coefficient (Wildman–Crippen LogP) is 2.81. The van der Waals surface area contributed by atoms with Crippen LogP contribution in [0.2, 0.25) is 0 Å². The summed E-state index contributed by atoms with van der Waals surface area (Å²) in [5.41, 5.74) is 2.09. The zero-order valence-corrected chi connectivity index (χ0v) is 15.7. The molecule has 0 amide bonds. The molecule has 1 atom stereocenters. The van der Waals surface area contributed by atoms with Gasteiger partial charge in [0, 0.05) is 63.4 Å². The van der Waals surface area contributed by atoms with Gasteiger partial charge in [-0.05, 0) is 24.8 Å². The molecule has 2 aromatic rings. The second-order valence-corrected chi connectivity index (χ2v) is 7.80. The van der Waals surface area contributed by atoms with Gasteiger partial charge in [-0.25, -0.2) is 4.98 Å². The fourth-order valence-corrected chi connectivity index (χ4v) is 4.52. The molecular weight excluding hydrogens is 324 g/mol. The second-order valence-electron chi connectivity index (χ2n) is 7.80. The Kier molecular flexibility index (Phi) is 5.27. The van der Waals surface area contributed by atoms with E-state index in [1.165, 1.54) is 32.2 Å². The van der Waals surface area contributed by atoms with Crippen molar-refractivity contribution in [2.45, 2.75) is 31.8 Å². The van der Waals surface area contributed by atoms with Gasteiger partial charge in [0.2, 0.25) is 0 Å².